The highest BCUT2D eigenvalue weighted by Crippen LogP contribution is 2.51. The van der Waals surface area contributed by atoms with Crippen LogP contribution in [0, 0.1) is 11.3 Å². The van der Waals surface area contributed by atoms with Crippen LogP contribution in [0.25, 0.3) is 0 Å². The van der Waals surface area contributed by atoms with Crippen LogP contribution >= 0.6 is 11.3 Å². The molecule has 3 N–H and O–H groups in total. The van der Waals surface area contributed by atoms with E-state index in [4.69, 9.17) is 4.74 Å². The van der Waals surface area contributed by atoms with Crippen molar-refractivity contribution in [3.05, 3.63) is 22.4 Å². The Morgan fingerprint density at radius 3 is 3.14 bits per heavy atom. The number of aliphatic hydroxyl groups excluding tert-OH is 1. The Labute approximate surface area is 135 Å². The summed E-state index contributed by atoms with van der Waals surface area (Å²) in [6.07, 6.45) is 1.77. The van der Waals surface area contributed by atoms with E-state index >= 15 is 0 Å². The van der Waals surface area contributed by atoms with Crippen molar-refractivity contribution in [2.45, 2.75) is 44.9 Å². The Kier molecular flexibility index (Phi) is 4.43. The number of aliphatic hydroxyl groups is 1. The van der Waals surface area contributed by atoms with Crippen LogP contribution in [0.2, 0.25) is 0 Å². The van der Waals surface area contributed by atoms with Gasteiger partial charge in [-0.1, -0.05) is 13.8 Å². The number of hydrogen-bond acceptors (Lipinski definition) is 4. The van der Waals surface area contributed by atoms with Crippen molar-refractivity contribution in [1.29, 1.82) is 0 Å². The van der Waals surface area contributed by atoms with Crippen molar-refractivity contribution in [2.24, 2.45) is 11.3 Å². The quantitative estimate of drug-likeness (QED) is 0.796. The van der Waals surface area contributed by atoms with E-state index in [0.717, 1.165) is 25.0 Å². The third-order valence-corrected chi connectivity index (χ3v) is 5.70. The molecule has 1 aliphatic carbocycles. The van der Waals surface area contributed by atoms with Crippen LogP contribution < -0.4 is 10.6 Å². The Bertz CT molecular complexity index is 517. The smallest absolute Gasteiger partial charge is 0.315 e. The predicted octanol–water partition coefficient (Wildman–Crippen LogP) is 2.28. The summed E-state index contributed by atoms with van der Waals surface area (Å²) in [6.45, 7) is 5.34. The molecule has 2 aliphatic rings. The van der Waals surface area contributed by atoms with Gasteiger partial charge in [-0.25, -0.2) is 4.79 Å². The number of hydrogen-bond donors (Lipinski definition) is 3. The number of urea groups is 1. The maximum absolute atomic E-state index is 12.1. The van der Waals surface area contributed by atoms with Gasteiger partial charge >= 0.3 is 6.03 Å². The predicted molar refractivity (Wildman–Crippen MR) is 85.8 cm³/mol. The average Bonchev–Trinajstić information content (AvgIpc) is 3.04. The van der Waals surface area contributed by atoms with Crippen LogP contribution in [0.15, 0.2) is 16.8 Å². The van der Waals surface area contributed by atoms with Gasteiger partial charge in [0.2, 0.25) is 0 Å². The van der Waals surface area contributed by atoms with Gasteiger partial charge in [-0.2, -0.15) is 11.3 Å². The highest BCUT2D eigenvalue weighted by molar-refractivity contribution is 7.07. The number of nitrogens with one attached hydrogen (secondary N) is 2. The fourth-order valence-electron chi connectivity index (χ4n) is 3.78. The summed E-state index contributed by atoms with van der Waals surface area (Å²) in [6, 6.07) is 1.79. The lowest BCUT2D eigenvalue weighted by Gasteiger charge is -2.59. The zero-order valence-corrected chi connectivity index (χ0v) is 13.9. The Morgan fingerprint density at radius 1 is 1.59 bits per heavy atom. The lowest BCUT2D eigenvalue weighted by atomic mass is 9.55. The molecule has 3 rings (SSSR count). The third kappa shape index (κ3) is 2.87. The van der Waals surface area contributed by atoms with Gasteiger partial charge in [-0.05, 0) is 35.2 Å². The molecule has 0 bridgehead atoms. The molecule has 5 nitrogen and oxygen atoms in total. The molecule has 2 amide bonds. The number of rotatable bonds is 4. The highest BCUT2D eigenvalue weighted by Gasteiger charge is 2.58. The first kappa shape index (κ1) is 15.8. The first-order valence-corrected chi connectivity index (χ1v) is 8.80. The summed E-state index contributed by atoms with van der Waals surface area (Å²) < 4.78 is 5.84. The summed E-state index contributed by atoms with van der Waals surface area (Å²) in [7, 11) is 0. The summed E-state index contributed by atoms with van der Waals surface area (Å²) in [4.78, 5) is 12.1. The first-order chi connectivity index (χ1) is 10.5. The maximum atomic E-state index is 12.1. The first-order valence-electron chi connectivity index (χ1n) is 7.86. The molecule has 1 aromatic rings. The van der Waals surface area contributed by atoms with Crippen molar-refractivity contribution in [2.75, 3.05) is 13.2 Å². The maximum Gasteiger partial charge on any atom is 0.315 e. The van der Waals surface area contributed by atoms with Crippen molar-refractivity contribution < 1.29 is 14.6 Å². The van der Waals surface area contributed by atoms with E-state index in [1.165, 1.54) is 11.3 Å². The van der Waals surface area contributed by atoms with Crippen molar-refractivity contribution in [3.8, 4) is 0 Å². The lowest BCUT2D eigenvalue weighted by Crippen LogP contribution is -2.70. The van der Waals surface area contributed by atoms with Crippen molar-refractivity contribution in [1.82, 2.24) is 10.6 Å². The molecule has 0 aromatic carbocycles. The fourth-order valence-corrected chi connectivity index (χ4v) is 4.49. The molecule has 0 unspecified atom stereocenters. The van der Waals surface area contributed by atoms with Crippen LogP contribution in [0.5, 0.6) is 0 Å². The van der Waals surface area contributed by atoms with Gasteiger partial charge in [0.15, 0.2) is 0 Å². The molecule has 2 fully saturated rings. The van der Waals surface area contributed by atoms with E-state index in [9.17, 15) is 9.90 Å². The minimum absolute atomic E-state index is 0.0333. The second-order valence-corrected chi connectivity index (χ2v) is 7.60. The molecule has 1 saturated heterocycles. The molecular weight excluding hydrogens is 300 g/mol. The van der Waals surface area contributed by atoms with Gasteiger partial charge in [-0.3, -0.25) is 0 Å². The normalized spacial score (nSPS) is 30.8. The van der Waals surface area contributed by atoms with Gasteiger partial charge in [0.25, 0.3) is 0 Å². The van der Waals surface area contributed by atoms with Gasteiger partial charge < -0.3 is 20.5 Å². The number of ether oxygens (including phenoxy) is 1. The minimum atomic E-state index is -0.655. The van der Waals surface area contributed by atoms with Crippen LogP contribution in [0.4, 0.5) is 4.79 Å². The van der Waals surface area contributed by atoms with Gasteiger partial charge in [-0.15, -0.1) is 0 Å². The van der Waals surface area contributed by atoms with Crippen LogP contribution in [-0.4, -0.2) is 36.4 Å². The van der Waals surface area contributed by atoms with Crippen molar-refractivity contribution in [3.63, 3.8) is 0 Å². The average molecular weight is 324 g/mol. The van der Waals surface area contributed by atoms with Crippen LogP contribution in [0.1, 0.15) is 38.4 Å². The minimum Gasteiger partial charge on any atom is -0.387 e. The van der Waals surface area contributed by atoms with Gasteiger partial charge in [0, 0.05) is 30.5 Å². The van der Waals surface area contributed by atoms with Gasteiger partial charge in [0.1, 0.15) is 0 Å². The fraction of sp³-hybridized carbons (Fsp3) is 0.688. The number of thiophene rings is 1. The molecular formula is C16H24N2O3S. The number of fused-ring (bicyclic) bond motifs is 1. The van der Waals surface area contributed by atoms with E-state index in [0.29, 0.717) is 5.92 Å². The van der Waals surface area contributed by atoms with E-state index in [1.807, 2.05) is 16.8 Å². The highest BCUT2D eigenvalue weighted by atomic mass is 32.1. The second kappa shape index (κ2) is 6.18. The molecule has 1 aliphatic heterocycles. The van der Waals surface area contributed by atoms with E-state index < -0.39 is 6.10 Å². The summed E-state index contributed by atoms with van der Waals surface area (Å²) in [5.74, 6) is 0.413. The number of carbonyl (C=O) groups excluding carboxylic acids is 1. The zero-order chi connectivity index (χ0) is 15.7. The number of amides is 2. The molecule has 0 spiro atoms. The van der Waals surface area contributed by atoms with Crippen LogP contribution in [-0.2, 0) is 4.74 Å². The molecule has 2 heterocycles. The molecule has 1 saturated carbocycles. The Balaban J connectivity index is 1.49. The molecule has 1 aromatic heterocycles. The monoisotopic (exact) mass is 324 g/mol. The van der Waals surface area contributed by atoms with Crippen LogP contribution in [0.3, 0.4) is 0 Å². The standard InChI is InChI=1S/C16H24N2O3S/c1-16(2)13(11-4-3-6-21-14(11)16)18-15(20)17-8-12(19)10-5-7-22-9-10/h5,7,9,11-14,19H,3-4,6,8H2,1-2H3,(H2,17,18,20)/t11-,12-,13+,14-/m0/s1. The largest absolute Gasteiger partial charge is 0.387 e. The summed E-state index contributed by atoms with van der Waals surface area (Å²) in [5, 5.41) is 19.6. The molecule has 6 heteroatoms. The lowest BCUT2D eigenvalue weighted by molar-refractivity contribution is -0.189. The second-order valence-electron chi connectivity index (χ2n) is 6.82. The zero-order valence-electron chi connectivity index (χ0n) is 13.0. The molecule has 0 radical (unpaired) electrons. The molecule has 122 valence electrons. The summed E-state index contributed by atoms with van der Waals surface area (Å²) >= 11 is 1.54. The van der Waals surface area contributed by atoms with Gasteiger partial charge in [0.05, 0.1) is 12.2 Å². The Morgan fingerprint density at radius 2 is 2.41 bits per heavy atom. The SMILES string of the molecule is CC1(C)[C@H](NC(=O)NC[C@H](O)c2ccsc2)[C@@H]2CCCO[C@@H]21. The third-order valence-electron chi connectivity index (χ3n) is 5.00. The Hall–Kier alpha value is -1.11. The number of carbonyl (C=O) groups is 1. The van der Waals surface area contributed by atoms with Crippen molar-refractivity contribution >= 4 is 17.4 Å². The molecule has 22 heavy (non-hydrogen) atoms. The van der Waals surface area contributed by atoms with E-state index in [-0.39, 0.29) is 30.1 Å². The topological polar surface area (TPSA) is 70.6 Å². The molecule has 4 atom stereocenters. The van der Waals surface area contributed by atoms with E-state index in [2.05, 4.69) is 24.5 Å². The van der Waals surface area contributed by atoms with E-state index in [1.54, 1.807) is 0 Å². The summed E-state index contributed by atoms with van der Waals surface area (Å²) in [5.41, 5.74) is 0.809.